The van der Waals surface area contributed by atoms with E-state index in [1.807, 2.05) is 81.1 Å². The lowest BCUT2D eigenvalue weighted by atomic mass is 10.1. The Kier molecular flexibility index (Phi) is 23.0. The highest BCUT2D eigenvalue weighted by Gasteiger charge is 2.37. The molecule has 8 aliphatic heterocycles. The normalized spacial score (nSPS) is 22.1. The summed E-state index contributed by atoms with van der Waals surface area (Å²) in [6.45, 7) is 20.1. The molecule has 34 heteroatoms. The van der Waals surface area contributed by atoms with Gasteiger partial charge in [-0.2, -0.15) is 0 Å². The summed E-state index contributed by atoms with van der Waals surface area (Å²) in [6, 6.07) is 15.9. The molecule has 16 heterocycles. The minimum Gasteiger partial charge on any atom is -0.377 e. The van der Waals surface area contributed by atoms with Crippen LogP contribution in [0.15, 0.2) is 97.6 Å². The van der Waals surface area contributed by atoms with E-state index in [1.54, 1.807) is 38.1 Å². The van der Waals surface area contributed by atoms with Crippen LogP contribution in [0.2, 0.25) is 0 Å². The van der Waals surface area contributed by atoms with E-state index in [4.69, 9.17) is 58.8 Å². The number of pyridine rings is 4. The number of sulfonamides is 2. The van der Waals surface area contributed by atoms with Crippen LogP contribution in [0, 0.1) is 0 Å². The molecule has 20 rings (SSSR count). The molecule has 4 aliphatic carbocycles. The fourth-order valence-electron chi connectivity index (χ4n) is 16.8. The number of ether oxygens (including phenoxy) is 4. The minimum atomic E-state index is -3.37. The van der Waals surface area contributed by atoms with Crippen LogP contribution in [0.3, 0.4) is 0 Å². The quantitative estimate of drug-likeness (QED) is 0.110. The summed E-state index contributed by atoms with van der Waals surface area (Å²) in [6.07, 6.45) is 30.0. The van der Waals surface area contributed by atoms with E-state index in [9.17, 15) is 26.4 Å². The van der Waals surface area contributed by atoms with Gasteiger partial charge in [-0.05, 0) is 77.6 Å². The number of fused-ring (bicyclic) bond motifs is 4. The van der Waals surface area contributed by atoms with Crippen LogP contribution >= 0.6 is 0 Å². The lowest BCUT2D eigenvalue weighted by Gasteiger charge is -2.36. The fraction of sp³-hybridized carbons (Fsp3) is 0.452. The maximum atomic E-state index is 12.8. The largest absolute Gasteiger partial charge is 0.377 e. The molecule has 8 aromatic rings. The first-order valence-corrected chi connectivity index (χ1v) is 44.1. The smallest absolute Gasteiger partial charge is 0.325 e. The van der Waals surface area contributed by atoms with E-state index in [1.165, 1.54) is 8.61 Å². The Morgan fingerprint density at radius 3 is 0.966 bits per heavy atom. The summed E-state index contributed by atoms with van der Waals surface area (Å²) in [4.78, 5) is 97.8. The van der Waals surface area contributed by atoms with Crippen LogP contribution < -0.4 is 38.0 Å². The summed E-state index contributed by atoms with van der Waals surface area (Å²) in [7, 11) is -3.06. The van der Waals surface area contributed by atoms with Crippen molar-refractivity contribution in [3.8, 4) is 45.6 Å². The Hall–Kier alpha value is -11.0. The predicted molar refractivity (Wildman–Crippen MR) is 454 cm³/mol. The first-order chi connectivity index (χ1) is 57.3. The van der Waals surface area contributed by atoms with Crippen molar-refractivity contribution in [1.82, 2.24) is 69.6 Å². The molecule has 0 radical (unpaired) electrons. The molecule has 32 nitrogen and oxygen atoms in total. The van der Waals surface area contributed by atoms with Gasteiger partial charge in [0.2, 0.25) is 20.0 Å². The number of allylic oxidation sites excluding steroid dienone is 4. The molecule has 0 unspecified atom stereocenters. The van der Waals surface area contributed by atoms with Gasteiger partial charge in [-0.15, -0.1) is 0 Å². The minimum absolute atomic E-state index is 0.0215. The van der Waals surface area contributed by atoms with E-state index in [-0.39, 0.29) is 47.7 Å². The number of carbonyl (C=O) groups excluding carboxylic acids is 2. The number of aromatic nitrogens is 12. The first kappa shape index (κ1) is 79.4. The van der Waals surface area contributed by atoms with E-state index in [2.05, 4.69) is 104 Å². The number of likely N-dealkylation sites (N-methyl/N-ethyl adjacent to an activating group) is 1. The zero-order chi connectivity index (χ0) is 81.3. The number of rotatable bonds is 12. The van der Waals surface area contributed by atoms with E-state index in [0.29, 0.717) is 158 Å². The molecule has 0 bridgehead atoms. The van der Waals surface area contributed by atoms with Crippen LogP contribution in [0.5, 0.6) is 0 Å². The molecule has 12 aliphatic rings. The van der Waals surface area contributed by atoms with Gasteiger partial charge in [0.05, 0.1) is 111 Å². The van der Waals surface area contributed by atoms with Gasteiger partial charge in [-0.3, -0.25) is 38.3 Å². The van der Waals surface area contributed by atoms with Gasteiger partial charge in [0.1, 0.15) is 46.5 Å². The highest BCUT2D eigenvalue weighted by atomic mass is 32.2. The standard InChI is InChI=1S/C22H26N6O2.C21H24N6O2.C21H25N5O3S.C20H23N5O3S/c1-15-14-30-12-11-27(15)19-13-20(28-10-4-9-26(2)22(28)29)25-21(24-19)17-7-8-23-18-6-3-5-16(17)18;1-14-13-29-11-10-26(14)18-12-19(27-9-8-25(2)21(27)28)24-20(23-18)16-6-7-22-17-5-3-4-15(16)17;1-15-14-29-11-10-25(15)19-13-20(26-9-2-3-12-30(26,27)28)24-21(23-19)17-7-8-22-18-6-4-5-16(17)18;1-14-13-28-10-9-24(14)18-12-19(25-8-3-11-29(25,26)27)23-20(22-18)16-6-7-21-17-5-2-4-15(16)17/h3,5,7-8,13,15H,4,6,9-12,14H2,1-2H3;3-4,6-7,12,14H,5,8-11,13H2,1-2H3;4-5,7-8,13,15H,2-3,6,9-12,14H2,1H3;2,4,6-7,12,14H,3,5,8-11,13H2,1H3/t15-;14-;15-;14-/m1111/s1. The number of anilines is 8. The third kappa shape index (κ3) is 16.4. The molecule has 8 fully saturated rings. The van der Waals surface area contributed by atoms with Crippen LogP contribution in [-0.4, -0.2) is 267 Å². The zero-order valence-corrected chi connectivity index (χ0v) is 69.0. The summed E-state index contributed by atoms with van der Waals surface area (Å²) in [5.41, 5.74) is 11.9. The summed E-state index contributed by atoms with van der Waals surface area (Å²) >= 11 is 0. The number of carbonyl (C=O) groups is 2. The number of hydrogen-bond acceptors (Lipinski definition) is 26. The maximum Gasteiger partial charge on any atom is 0.325 e. The second-order valence-corrected chi connectivity index (χ2v) is 35.3. The van der Waals surface area contributed by atoms with E-state index >= 15 is 0 Å². The Morgan fingerprint density at radius 2 is 0.644 bits per heavy atom. The Balaban J connectivity index is 0.000000113. The third-order valence-corrected chi connectivity index (χ3v) is 26.9. The van der Waals surface area contributed by atoms with Crippen LogP contribution in [0.1, 0.15) is 98.4 Å². The van der Waals surface area contributed by atoms with Crippen molar-refractivity contribution in [3.05, 3.63) is 143 Å². The number of amides is 4. The molecule has 8 saturated heterocycles. The molecule has 0 spiro atoms. The van der Waals surface area contributed by atoms with Crippen molar-refractivity contribution < 1.29 is 45.4 Å². The molecule has 4 amide bonds. The number of hydrogen-bond donors (Lipinski definition) is 0. The third-order valence-electron chi connectivity index (χ3n) is 23.2. The Morgan fingerprint density at radius 1 is 0.339 bits per heavy atom. The molecular formula is C84H98N22O10S2. The fourth-order valence-corrected chi connectivity index (χ4v) is 19.9. The predicted octanol–water partition coefficient (Wildman–Crippen LogP) is 8.94. The highest BCUT2D eigenvalue weighted by Crippen LogP contribution is 2.40. The Labute approximate surface area is 687 Å². The van der Waals surface area contributed by atoms with Crippen molar-refractivity contribution in [2.75, 3.05) is 182 Å². The van der Waals surface area contributed by atoms with Gasteiger partial charge < -0.3 is 48.3 Å². The summed E-state index contributed by atoms with van der Waals surface area (Å²) < 4.78 is 75.9. The Bertz CT molecular complexity index is 5520. The van der Waals surface area contributed by atoms with Gasteiger partial charge >= 0.3 is 12.1 Å². The summed E-state index contributed by atoms with van der Waals surface area (Å²) in [5, 5.41) is 0. The van der Waals surface area contributed by atoms with Gasteiger partial charge in [0.15, 0.2) is 23.3 Å². The SMILES string of the molecule is C[C@@H]1COCCN1c1cc(N2CCCCS2(=O)=O)nc(-c2ccnc3c2C=CC3)n1.C[C@@H]1COCCN1c1cc(N2CCCN(C)C2=O)nc(-c2ccnc3c2C=CC3)n1.C[C@@H]1COCCN1c1cc(N2CCCS2(=O)=O)nc(-c2ccnc3c2C=CC3)n1.C[C@@H]1COCCN1c1cc(N2CCN(C)C2=O)nc(-c2ccnc3c2C=CC3)n1. The monoisotopic (exact) mass is 1640 g/mol. The van der Waals surface area contributed by atoms with Crippen molar-refractivity contribution in [1.29, 1.82) is 0 Å². The first-order valence-electron chi connectivity index (χ1n) is 40.9. The van der Waals surface area contributed by atoms with E-state index < -0.39 is 20.0 Å². The lowest BCUT2D eigenvalue weighted by molar-refractivity contribution is 0.0985. The average Bonchev–Trinajstić information content (AvgIpc) is 1.31. The van der Waals surface area contributed by atoms with Gasteiger partial charge in [0.25, 0.3) is 0 Å². The molecule has 118 heavy (non-hydrogen) atoms. The molecule has 0 saturated carbocycles. The van der Waals surface area contributed by atoms with Gasteiger partial charge in [0, 0.05) is 199 Å². The van der Waals surface area contributed by atoms with Crippen molar-refractivity contribution in [3.63, 3.8) is 0 Å². The topological polar surface area (TPSA) is 326 Å². The van der Waals surface area contributed by atoms with Crippen LogP contribution in [0.25, 0.3) is 69.9 Å². The number of morpholine rings is 4. The second-order valence-electron chi connectivity index (χ2n) is 31.3. The van der Waals surface area contributed by atoms with Crippen LogP contribution in [0.4, 0.5) is 56.1 Å². The molecule has 0 N–H and O–H groups in total. The molecule has 616 valence electrons. The van der Waals surface area contributed by atoms with Crippen LogP contribution in [-0.2, 0) is 64.7 Å². The van der Waals surface area contributed by atoms with Crippen molar-refractivity contribution in [2.24, 2.45) is 0 Å². The second kappa shape index (κ2) is 34.1. The highest BCUT2D eigenvalue weighted by molar-refractivity contribution is 7.93. The number of nitrogens with zero attached hydrogens (tertiary/aromatic N) is 22. The molecule has 8 aromatic heterocycles. The van der Waals surface area contributed by atoms with Crippen molar-refractivity contribution in [2.45, 2.75) is 103 Å². The maximum absolute atomic E-state index is 12.8. The average molecular weight is 1640 g/mol. The zero-order valence-electron chi connectivity index (χ0n) is 67.4. The lowest BCUT2D eigenvalue weighted by Crippen LogP contribution is -2.48. The number of urea groups is 2. The molecular weight excluding hydrogens is 1540 g/mol. The van der Waals surface area contributed by atoms with Gasteiger partial charge in [-0.1, -0.05) is 48.6 Å². The molecule has 4 atom stereocenters. The summed E-state index contributed by atoms with van der Waals surface area (Å²) in [5.74, 6) is 7.95. The van der Waals surface area contributed by atoms with Gasteiger partial charge in [-0.25, -0.2) is 66.3 Å². The van der Waals surface area contributed by atoms with Crippen molar-refractivity contribution >= 4 is 103 Å². The van der Waals surface area contributed by atoms with E-state index in [0.717, 1.165) is 149 Å². The molecule has 0 aromatic carbocycles.